The average Bonchev–Trinajstić information content (AvgIpc) is 2.41. The molecule has 2 atom stereocenters. The summed E-state index contributed by atoms with van der Waals surface area (Å²) >= 11 is 0. The normalized spacial score (nSPS) is 24.9. The molecule has 1 aromatic rings. The minimum atomic E-state index is -0.711. The summed E-state index contributed by atoms with van der Waals surface area (Å²) in [7, 11) is 5.81. The second kappa shape index (κ2) is 9.33. The van der Waals surface area contributed by atoms with Crippen molar-refractivity contribution >= 4 is 39.7 Å². The van der Waals surface area contributed by atoms with Crippen LogP contribution in [0.15, 0.2) is 24.3 Å². The number of nitrogens with zero attached hydrogens (tertiary/aromatic N) is 1. The molecule has 0 amide bonds. The Labute approximate surface area is 154 Å². The van der Waals surface area contributed by atoms with Crippen LogP contribution in [0.4, 0.5) is 0 Å². The Bertz CT molecular complexity index is 430. The Morgan fingerprint density at radius 2 is 2.05 bits per heavy atom. The van der Waals surface area contributed by atoms with E-state index >= 15 is 0 Å². The van der Waals surface area contributed by atoms with Gasteiger partial charge in [-0.1, -0.05) is 25.0 Å². The Morgan fingerprint density at radius 3 is 2.67 bits per heavy atom. The third kappa shape index (κ3) is 5.08. The van der Waals surface area contributed by atoms with Crippen molar-refractivity contribution in [1.82, 2.24) is 4.90 Å². The van der Waals surface area contributed by atoms with Gasteiger partial charge in [0.15, 0.2) is 0 Å². The van der Waals surface area contributed by atoms with Crippen LogP contribution in [-0.2, 0) is 5.60 Å². The van der Waals surface area contributed by atoms with Gasteiger partial charge in [0.2, 0.25) is 0 Å². The van der Waals surface area contributed by atoms with E-state index in [9.17, 15) is 5.11 Å². The van der Waals surface area contributed by atoms with Gasteiger partial charge in [0.25, 0.3) is 0 Å². The Hall–Kier alpha value is 0.152. The van der Waals surface area contributed by atoms with Gasteiger partial charge in [-0.3, -0.25) is 0 Å². The first kappa shape index (κ1) is 21.2. The average molecular weight is 507 g/mol. The first-order valence-electron chi connectivity index (χ1n) is 7.08. The van der Waals surface area contributed by atoms with Crippen LogP contribution in [0, 0.1) is 5.92 Å². The molecule has 118 valence electrons. The van der Waals surface area contributed by atoms with Crippen molar-refractivity contribution in [2.75, 3.05) is 27.7 Å². The van der Waals surface area contributed by atoms with Gasteiger partial charge >= 0.3 is 0 Å². The second-order valence-corrected chi connectivity index (χ2v) is 5.86. The quantitative estimate of drug-likeness (QED) is 0.637. The number of hydrogen-bond donors (Lipinski definition) is 1. The van der Waals surface area contributed by atoms with Crippen molar-refractivity contribution in [2.24, 2.45) is 5.92 Å². The van der Waals surface area contributed by atoms with Crippen LogP contribution in [0.3, 0.4) is 0 Å². The Kier molecular flexibility index (Phi) is 9.39. The van der Waals surface area contributed by atoms with Gasteiger partial charge in [0.1, 0.15) is 5.75 Å². The van der Waals surface area contributed by atoms with E-state index in [0.717, 1.165) is 37.1 Å². The number of rotatable bonds is 4. The van der Waals surface area contributed by atoms with Crippen LogP contribution in [0.2, 0.25) is 0 Å². The predicted molar refractivity (Wildman–Crippen MR) is 90.4 cm³/mol. The third-order valence-electron chi connectivity index (χ3n) is 4.19. The molecule has 1 aliphatic rings. The molecule has 0 unspecified atom stereocenters. The van der Waals surface area contributed by atoms with Crippen molar-refractivity contribution in [1.29, 1.82) is 0 Å². The summed E-state index contributed by atoms with van der Waals surface area (Å²) in [6, 6.07) is 7.90. The monoisotopic (exact) mass is 507 g/mol. The largest absolute Gasteiger partial charge is 0.497 e. The zero-order valence-corrected chi connectivity index (χ0v) is 17.8. The molecule has 1 N–H and O–H groups in total. The number of halogens is 1. The molecule has 0 spiro atoms. The zero-order chi connectivity index (χ0) is 13.9. The fourth-order valence-corrected chi connectivity index (χ4v) is 3.18. The van der Waals surface area contributed by atoms with E-state index in [1.165, 1.54) is 6.42 Å². The smallest absolute Gasteiger partial charge is 0.119 e. The molecule has 3 nitrogen and oxygen atoms in total. The maximum atomic E-state index is 11.2. The molecule has 5 heteroatoms. The Balaban J connectivity index is 0.00000200. The van der Waals surface area contributed by atoms with E-state index in [0.29, 0.717) is 5.92 Å². The number of hydrogen-bond acceptors (Lipinski definition) is 3. The predicted octanol–water partition coefficient (Wildman–Crippen LogP) is 2.68. The third-order valence-corrected chi connectivity index (χ3v) is 4.19. The van der Waals surface area contributed by atoms with Crippen LogP contribution >= 0.6 is 12.4 Å². The Morgan fingerprint density at radius 1 is 1.33 bits per heavy atom. The van der Waals surface area contributed by atoms with Crippen LogP contribution in [0.1, 0.15) is 31.2 Å². The maximum absolute atomic E-state index is 11.2. The molecule has 1 aliphatic carbocycles. The number of aliphatic hydroxyl groups is 1. The molecular formula is C16H26ClNO2Pb. The van der Waals surface area contributed by atoms with Crippen molar-refractivity contribution < 1.29 is 9.84 Å². The van der Waals surface area contributed by atoms with E-state index in [1.54, 1.807) is 7.11 Å². The van der Waals surface area contributed by atoms with Gasteiger partial charge in [0, 0.05) is 39.8 Å². The molecule has 0 aromatic heterocycles. The molecule has 0 aliphatic heterocycles. The SMILES string of the molecule is COc1cccc([C@@]2(O)CCCC[C@@H]2CN(C)C)c1.Cl.[Pb]. The summed E-state index contributed by atoms with van der Waals surface area (Å²) in [6.07, 6.45) is 4.24. The molecule has 0 bridgehead atoms. The maximum Gasteiger partial charge on any atom is 0.119 e. The van der Waals surface area contributed by atoms with E-state index < -0.39 is 5.60 Å². The van der Waals surface area contributed by atoms with Gasteiger partial charge in [-0.2, -0.15) is 0 Å². The van der Waals surface area contributed by atoms with Gasteiger partial charge < -0.3 is 14.7 Å². The van der Waals surface area contributed by atoms with Gasteiger partial charge in [-0.05, 0) is 44.6 Å². The fraction of sp³-hybridized carbons (Fsp3) is 0.625. The standard InChI is InChI=1S/C16H25NO2.ClH.Pb/c1-17(2)12-14-7-4-5-10-16(14,18)13-8-6-9-15(11-13)19-3;;/h6,8-9,11,14,18H,4-5,7,10,12H2,1-3H3;1H;/t14-,16+;;/m1../s1. The van der Waals surface area contributed by atoms with Crippen molar-refractivity contribution in [3.05, 3.63) is 29.8 Å². The second-order valence-electron chi connectivity index (χ2n) is 5.86. The van der Waals surface area contributed by atoms with E-state index in [2.05, 4.69) is 19.0 Å². The minimum absolute atomic E-state index is 0. The summed E-state index contributed by atoms with van der Waals surface area (Å²) in [4.78, 5) is 2.17. The molecule has 1 fully saturated rings. The van der Waals surface area contributed by atoms with Gasteiger partial charge in [-0.25, -0.2) is 0 Å². The molecule has 4 radical (unpaired) electrons. The fourth-order valence-electron chi connectivity index (χ4n) is 3.18. The molecule has 2 rings (SSSR count). The van der Waals surface area contributed by atoms with E-state index in [1.807, 2.05) is 24.3 Å². The summed E-state index contributed by atoms with van der Waals surface area (Å²) in [5, 5.41) is 11.2. The van der Waals surface area contributed by atoms with Crippen molar-refractivity contribution in [3.63, 3.8) is 0 Å². The number of ether oxygens (including phenoxy) is 1. The molecule has 1 saturated carbocycles. The number of methoxy groups -OCH3 is 1. The zero-order valence-electron chi connectivity index (χ0n) is 13.1. The van der Waals surface area contributed by atoms with E-state index in [-0.39, 0.29) is 39.7 Å². The molecule has 0 saturated heterocycles. The van der Waals surface area contributed by atoms with Crippen molar-refractivity contribution in [2.45, 2.75) is 31.3 Å². The summed E-state index contributed by atoms with van der Waals surface area (Å²) in [5.41, 5.74) is 0.287. The van der Waals surface area contributed by atoms with E-state index in [4.69, 9.17) is 4.74 Å². The summed E-state index contributed by atoms with van der Waals surface area (Å²) in [6.45, 7) is 0.924. The molecular weight excluding hydrogens is 481 g/mol. The van der Waals surface area contributed by atoms with Gasteiger partial charge in [0.05, 0.1) is 12.7 Å². The summed E-state index contributed by atoms with van der Waals surface area (Å²) in [5.74, 6) is 1.11. The molecule has 1 aromatic carbocycles. The summed E-state index contributed by atoms with van der Waals surface area (Å²) < 4.78 is 5.29. The van der Waals surface area contributed by atoms with Crippen LogP contribution in [0.25, 0.3) is 0 Å². The molecule has 0 heterocycles. The molecule has 21 heavy (non-hydrogen) atoms. The topological polar surface area (TPSA) is 32.7 Å². The van der Waals surface area contributed by atoms with Crippen molar-refractivity contribution in [3.8, 4) is 5.75 Å². The minimum Gasteiger partial charge on any atom is -0.497 e. The van der Waals surface area contributed by atoms with Crippen LogP contribution in [0.5, 0.6) is 5.75 Å². The van der Waals surface area contributed by atoms with Crippen LogP contribution in [-0.4, -0.2) is 65.1 Å². The first-order valence-corrected chi connectivity index (χ1v) is 7.08. The van der Waals surface area contributed by atoms with Gasteiger partial charge in [-0.15, -0.1) is 12.4 Å². The number of benzene rings is 1. The first-order chi connectivity index (χ1) is 9.06. The van der Waals surface area contributed by atoms with Crippen LogP contribution < -0.4 is 4.74 Å².